The van der Waals surface area contributed by atoms with E-state index in [-0.39, 0.29) is 11.9 Å². The van der Waals surface area contributed by atoms with Crippen LogP contribution in [0.3, 0.4) is 0 Å². The summed E-state index contributed by atoms with van der Waals surface area (Å²) in [5, 5.41) is 16.0. The van der Waals surface area contributed by atoms with Gasteiger partial charge in [0.15, 0.2) is 0 Å². The molecule has 2 aromatic rings. The first kappa shape index (κ1) is 17.1. The predicted molar refractivity (Wildman–Crippen MR) is 91.8 cm³/mol. The highest BCUT2D eigenvalue weighted by molar-refractivity contribution is 7.99. The molecule has 0 aliphatic rings. The van der Waals surface area contributed by atoms with Gasteiger partial charge in [-0.1, -0.05) is 12.1 Å². The zero-order valence-electron chi connectivity index (χ0n) is 13.5. The monoisotopic (exact) mass is 328 g/mol. The van der Waals surface area contributed by atoms with Crippen molar-refractivity contribution in [2.75, 3.05) is 5.75 Å². The van der Waals surface area contributed by atoms with Crippen LogP contribution >= 0.6 is 11.8 Å². The number of aryl methyl sites for hydroxylation is 1. The van der Waals surface area contributed by atoms with Crippen LogP contribution in [0.25, 0.3) is 0 Å². The summed E-state index contributed by atoms with van der Waals surface area (Å²) in [5.74, 6) is 1.17. The van der Waals surface area contributed by atoms with E-state index in [2.05, 4.69) is 16.5 Å². The van der Waals surface area contributed by atoms with Crippen molar-refractivity contribution < 1.29 is 4.79 Å². The second-order valence-electron chi connectivity index (χ2n) is 5.40. The molecule has 2 rings (SSSR count). The first-order valence-electron chi connectivity index (χ1n) is 7.36. The third-order valence-corrected chi connectivity index (χ3v) is 4.71. The molecule has 1 aromatic heterocycles. The minimum Gasteiger partial charge on any atom is -0.349 e. The lowest BCUT2D eigenvalue weighted by Crippen LogP contribution is -2.28. The lowest BCUT2D eigenvalue weighted by molar-refractivity contribution is -0.119. The summed E-state index contributed by atoms with van der Waals surface area (Å²) >= 11 is 1.56. The second-order valence-corrected chi connectivity index (χ2v) is 6.39. The molecular weight excluding hydrogens is 308 g/mol. The number of hydrogen-bond acceptors (Lipinski definition) is 4. The van der Waals surface area contributed by atoms with Crippen LogP contribution in [0.15, 0.2) is 30.5 Å². The standard InChI is InChI=1S/C17H20N4OS/c1-12(16-9-19-21(3)13(16)2)20-17(22)11-23-10-15-6-4-14(8-18)5-7-15/h4-7,9,12H,10-11H2,1-3H3,(H,20,22)/t12-/m0/s1. The average Bonchev–Trinajstić information content (AvgIpc) is 2.87. The van der Waals surface area contributed by atoms with Gasteiger partial charge in [0.25, 0.3) is 0 Å². The Morgan fingerprint density at radius 1 is 1.43 bits per heavy atom. The third-order valence-electron chi connectivity index (χ3n) is 3.70. The van der Waals surface area contributed by atoms with Crippen LogP contribution in [0.5, 0.6) is 0 Å². The quantitative estimate of drug-likeness (QED) is 0.885. The summed E-state index contributed by atoms with van der Waals surface area (Å²) in [6.07, 6.45) is 1.80. The summed E-state index contributed by atoms with van der Waals surface area (Å²) in [7, 11) is 1.89. The zero-order chi connectivity index (χ0) is 16.8. The smallest absolute Gasteiger partial charge is 0.230 e. The Balaban J connectivity index is 1.78. The topological polar surface area (TPSA) is 70.7 Å². The first-order chi connectivity index (χ1) is 11.0. The molecule has 1 atom stereocenters. The fourth-order valence-electron chi connectivity index (χ4n) is 2.24. The van der Waals surface area contributed by atoms with Crippen molar-refractivity contribution >= 4 is 17.7 Å². The van der Waals surface area contributed by atoms with Gasteiger partial charge in [0.1, 0.15) is 0 Å². The minimum atomic E-state index is -0.0493. The van der Waals surface area contributed by atoms with Gasteiger partial charge < -0.3 is 5.32 Å². The van der Waals surface area contributed by atoms with E-state index >= 15 is 0 Å². The third kappa shape index (κ3) is 4.60. The Kier molecular flexibility index (Phi) is 5.83. The molecule has 0 saturated carbocycles. The van der Waals surface area contributed by atoms with Gasteiger partial charge in [0.2, 0.25) is 5.91 Å². The maximum atomic E-state index is 12.0. The van der Waals surface area contributed by atoms with E-state index in [4.69, 9.17) is 5.26 Å². The highest BCUT2D eigenvalue weighted by Gasteiger charge is 2.14. The molecule has 1 N–H and O–H groups in total. The Morgan fingerprint density at radius 2 is 2.13 bits per heavy atom. The van der Waals surface area contributed by atoms with Crippen LogP contribution in [0.1, 0.15) is 35.3 Å². The number of nitrogens with zero attached hydrogens (tertiary/aromatic N) is 3. The molecule has 0 aliphatic heterocycles. The summed E-state index contributed by atoms with van der Waals surface area (Å²) in [6, 6.07) is 9.48. The minimum absolute atomic E-state index is 0.0133. The largest absolute Gasteiger partial charge is 0.349 e. The molecule has 0 aliphatic carbocycles. The lowest BCUT2D eigenvalue weighted by atomic mass is 10.1. The SMILES string of the molecule is Cc1c([C@H](C)NC(=O)CSCc2ccc(C#N)cc2)cnn1C. The molecule has 1 heterocycles. The summed E-state index contributed by atoms with van der Waals surface area (Å²) in [6.45, 7) is 3.96. The summed E-state index contributed by atoms with van der Waals surface area (Å²) in [5.41, 5.74) is 3.86. The molecule has 0 saturated heterocycles. The van der Waals surface area contributed by atoms with Gasteiger partial charge in [-0.25, -0.2) is 0 Å². The van der Waals surface area contributed by atoms with Crippen LogP contribution in [0, 0.1) is 18.3 Å². The van der Waals surface area contributed by atoms with Crippen LogP contribution in [0.2, 0.25) is 0 Å². The molecule has 23 heavy (non-hydrogen) atoms. The predicted octanol–water partition coefficient (Wildman–Crippen LogP) is 2.71. The van der Waals surface area contributed by atoms with Crippen molar-refractivity contribution in [3.63, 3.8) is 0 Å². The van der Waals surface area contributed by atoms with Crippen molar-refractivity contribution in [1.82, 2.24) is 15.1 Å². The number of carbonyl (C=O) groups excluding carboxylic acids is 1. The highest BCUT2D eigenvalue weighted by atomic mass is 32.2. The lowest BCUT2D eigenvalue weighted by Gasteiger charge is -2.13. The van der Waals surface area contributed by atoms with Gasteiger partial charge >= 0.3 is 0 Å². The summed E-state index contributed by atoms with van der Waals surface area (Å²) < 4.78 is 1.80. The van der Waals surface area contributed by atoms with E-state index in [1.807, 2.05) is 33.0 Å². The number of benzene rings is 1. The average molecular weight is 328 g/mol. The Hall–Kier alpha value is -2.26. The van der Waals surface area contributed by atoms with Crippen molar-refractivity contribution in [1.29, 1.82) is 5.26 Å². The summed E-state index contributed by atoms with van der Waals surface area (Å²) in [4.78, 5) is 12.0. The molecule has 0 bridgehead atoms. The number of aromatic nitrogens is 2. The first-order valence-corrected chi connectivity index (χ1v) is 8.51. The van der Waals surface area contributed by atoms with Crippen LogP contribution < -0.4 is 5.32 Å². The van der Waals surface area contributed by atoms with Gasteiger partial charge in [-0.3, -0.25) is 9.48 Å². The highest BCUT2D eigenvalue weighted by Crippen LogP contribution is 2.17. The Labute approximate surface area is 140 Å². The molecule has 0 spiro atoms. The van der Waals surface area contributed by atoms with Crippen LogP contribution in [-0.4, -0.2) is 21.4 Å². The molecule has 120 valence electrons. The van der Waals surface area contributed by atoms with E-state index in [0.29, 0.717) is 11.3 Å². The van der Waals surface area contributed by atoms with E-state index in [9.17, 15) is 4.79 Å². The normalized spacial score (nSPS) is 11.7. The number of rotatable bonds is 6. The Bertz CT molecular complexity index is 715. The van der Waals surface area contributed by atoms with E-state index in [1.165, 1.54) is 0 Å². The van der Waals surface area contributed by atoms with Gasteiger partial charge in [-0.2, -0.15) is 10.4 Å². The van der Waals surface area contributed by atoms with Crippen molar-refractivity contribution in [2.24, 2.45) is 7.05 Å². The van der Waals surface area contributed by atoms with Gasteiger partial charge in [-0.15, -0.1) is 11.8 Å². The maximum Gasteiger partial charge on any atom is 0.230 e. The van der Waals surface area contributed by atoms with Crippen molar-refractivity contribution in [3.8, 4) is 6.07 Å². The van der Waals surface area contributed by atoms with E-state index < -0.39 is 0 Å². The molecule has 0 unspecified atom stereocenters. The molecule has 0 radical (unpaired) electrons. The molecule has 1 amide bonds. The van der Waals surface area contributed by atoms with Crippen LogP contribution in [-0.2, 0) is 17.6 Å². The number of nitriles is 1. The fourth-order valence-corrected chi connectivity index (χ4v) is 3.04. The molecule has 5 nitrogen and oxygen atoms in total. The van der Waals surface area contributed by atoms with E-state index in [1.54, 1.807) is 34.8 Å². The van der Waals surface area contributed by atoms with Crippen LogP contribution in [0.4, 0.5) is 0 Å². The van der Waals surface area contributed by atoms with Gasteiger partial charge in [-0.05, 0) is 31.5 Å². The zero-order valence-corrected chi connectivity index (χ0v) is 14.4. The van der Waals surface area contributed by atoms with Crippen molar-refractivity contribution in [2.45, 2.75) is 25.6 Å². The molecule has 1 aromatic carbocycles. The fraction of sp³-hybridized carbons (Fsp3) is 0.353. The Morgan fingerprint density at radius 3 is 2.70 bits per heavy atom. The van der Waals surface area contributed by atoms with E-state index in [0.717, 1.165) is 22.6 Å². The van der Waals surface area contributed by atoms with Crippen molar-refractivity contribution in [3.05, 3.63) is 52.8 Å². The maximum absolute atomic E-state index is 12.0. The number of thioether (sulfide) groups is 1. The molecular formula is C17H20N4OS. The van der Waals surface area contributed by atoms with Gasteiger partial charge in [0.05, 0.1) is 29.6 Å². The number of hydrogen-bond donors (Lipinski definition) is 1. The van der Waals surface area contributed by atoms with Gasteiger partial charge in [0, 0.05) is 24.1 Å². The second kappa shape index (κ2) is 7.84. The number of nitrogens with one attached hydrogen (secondary N) is 1. The number of amides is 1. The molecule has 6 heteroatoms. The molecule has 0 fully saturated rings. The number of carbonyl (C=O) groups is 1.